The van der Waals surface area contributed by atoms with Gasteiger partial charge in [0, 0.05) is 13.6 Å². The molecule has 98 valence electrons. The van der Waals surface area contributed by atoms with Crippen molar-refractivity contribution in [3.8, 4) is 6.07 Å². The van der Waals surface area contributed by atoms with Crippen LogP contribution in [0.2, 0.25) is 0 Å². The van der Waals surface area contributed by atoms with E-state index in [0.29, 0.717) is 0 Å². The van der Waals surface area contributed by atoms with E-state index in [4.69, 9.17) is 5.26 Å². The molecular weight excluding hydrogens is 214 g/mol. The zero-order valence-electron chi connectivity index (χ0n) is 11.7. The maximum atomic E-state index is 11.7. The fourth-order valence-electron chi connectivity index (χ4n) is 1.48. The van der Waals surface area contributed by atoms with Crippen molar-refractivity contribution in [1.29, 1.82) is 5.26 Å². The molecule has 0 bridgehead atoms. The van der Waals surface area contributed by atoms with Crippen molar-refractivity contribution in [1.82, 2.24) is 10.2 Å². The number of carbonyl (C=O) groups is 1. The van der Waals surface area contributed by atoms with Crippen LogP contribution in [0.5, 0.6) is 0 Å². The quantitative estimate of drug-likeness (QED) is 0.689. The second kappa shape index (κ2) is 7.29. The summed E-state index contributed by atoms with van der Waals surface area (Å²) < 4.78 is 0. The average molecular weight is 239 g/mol. The molecule has 0 aliphatic heterocycles. The molecule has 4 nitrogen and oxygen atoms in total. The van der Waals surface area contributed by atoms with Crippen molar-refractivity contribution in [2.75, 3.05) is 20.1 Å². The van der Waals surface area contributed by atoms with E-state index in [1.54, 1.807) is 11.9 Å². The molecule has 0 aliphatic rings. The Morgan fingerprint density at radius 3 is 2.59 bits per heavy atom. The van der Waals surface area contributed by atoms with E-state index in [-0.39, 0.29) is 17.4 Å². The van der Waals surface area contributed by atoms with Gasteiger partial charge in [-0.1, -0.05) is 0 Å². The van der Waals surface area contributed by atoms with Crippen molar-refractivity contribution in [2.24, 2.45) is 5.41 Å². The fraction of sp³-hybridized carbons (Fsp3) is 0.846. The third-order valence-corrected chi connectivity index (χ3v) is 2.95. The molecule has 1 amide bonds. The van der Waals surface area contributed by atoms with E-state index in [2.05, 4.69) is 11.4 Å². The summed E-state index contributed by atoms with van der Waals surface area (Å²) in [6, 6.07) is 2.13. The average Bonchev–Trinajstić information content (AvgIpc) is 2.32. The first-order valence-electron chi connectivity index (χ1n) is 6.23. The van der Waals surface area contributed by atoms with Gasteiger partial charge in [0.05, 0.1) is 17.5 Å². The summed E-state index contributed by atoms with van der Waals surface area (Å²) in [6.07, 6.45) is 1.76. The molecule has 0 aromatic rings. The summed E-state index contributed by atoms with van der Waals surface area (Å²) in [5, 5.41) is 12.1. The lowest BCUT2D eigenvalue weighted by Crippen LogP contribution is -2.43. The minimum absolute atomic E-state index is 0.118. The standard InChI is InChI=1S/C13H25N3O/c1-6-16(5)12(17)11(2)15-9-7-8-13(3,4)10-14/h11,15H,6-9H2,1-5H3. The van der Waals surface area contributed by atoms with Crippen LogP contribution >= 0.6 is 0 Å². The molecule has 0 heterocycles. The van der Waals surface area contributed by atoms with Crippen molar-refractivity contribution >= 4 is 5.91 Å². The van der Waals surface area contributed by atoms with Crippen LogP contribution < -0.4 is 5.32 Å². The van der Waals surface area contributed by atoms with Crippen LogP contribution in [0, 0.1) is 16.7 Å². The lowest BCUT2D eigenvalue weighted by molar-refractivity contribution is -0.131. The molecule has 1 unspecified atom stereocenters. The molecule has 0 aliphatic carbocycles. The van der Waals surface area contributed by atoms with Gasteiger partial charge in [-0.05, 0) is 47.1 Å². The Morgan fingerprint density at radius 2 is 2.12 bits per heavy atom. The molecule has 0 saturated carbocycles. The summed E-state index contributed by atoms with van der Waals surface area (Å²) >= 11 is 0. The van der Waals surface area contributed by atoms with Gasteiger partial charge in [-0.25, -0.2) is 0 Å². The predicted octanol–water partition coefficient (Wildman–Crippen LogP) is 1.77. The van der Waals surface area contributed by atoms with Crippen LogP contribution in [-0.2, 0) is 4.79 Å². The van der Waals surface area contributed by atoms with Gasteiger partial charge in [0.25, 0.3) is 0 Å². The first-order valence-corrected chi connectivity index (χ1v) is 6.23. The molecule has 0 fully saturated rings. The van der Waals surface area contributed by atoms with Crippen LogP contribution in [-0.4, -0.2) is 37.0 Å². The van der Waals surface area contributed by atoms with Crippen molar-refractivity contribution < 1.29 is 4.79 Å². The smallest absolute Gasteiger partial charge is 0.239 e. The lowest BCUT2D eigenvalue weighted by Gasteiger charge is -2.21. The number of nitrogens with zero attached hydrogens (tertiary/aromatic N) is 2. The number of carbonyl (C=O) groups excluding carboxylic acids is 1. The molecule has 1 atom stereocenters. The summed E-state index contributed by atoms with van der Waals surface area (Å²) in [7, 11) is 1.80. The molecule has 0 saturated heterocycles. The van der Waals surface area contributed by atoms with Gasteiger partial charge < -0.3 is 10.2 Å². The third-order valence-electron chi connectivity index (χ3n) is 2.95. The number of nitrogens with one attached hydrogen (secondary N) is 1. The topological polar surface area (TPSA) is 56.1 Å². The Bertz CT molecular complexity index is 281. The normalized spacial score (nSPS) is 12.9. The van der Waals surface area contributed by atoms with Crippen molar-refractivity contribution in [2.45, 2.75) is 46.6 Å². The van der Waals surface area contributed by atoms with E-state index < -0.39 is 0 Å². The van der Waals surface area contributed by atoms with E-state index >= 15 is 0 Å². The van der Waals surface area contributed by atoms with Gasteiger partial charge in [0.1, 0.15) is 0 Å². The first kappa shape index (κ1) is 15.9. The van der Waals surface area contributed by atoms with Gasteiger partial charge in [-0.2, -0.15) is 5.26 Å². The third kappa shape index (κ3) is 6.28. The summed E-state index contributed by atoms with van der Waals surface area (Å²) in [5.41, 5.74) is -0.269. The number of likely N-dealkylation sites (N-methyl/N-ethyl adjacent to an activating group) is 1. The van der Waals surface area contributed by atoms with Gasteiger partial charge >= 0.3 is 0 Å². The molecule has 4 heteroatoms. The Labute approximate surface area is 105 Å². The van der Waals surface area contributed by atoms with Crippen LogP contribution in [0.4, 0.5) is 0 Å². The Balaban J connectivity index is 3.84. The predicted molar refractivity (Wildman–Crippen MR) is 69.4 cm³/mol. The number of hydrogen-bond donors (Lipinski definition) is 1. The highest BCUT2D eigenvalue weighted by Gasteiger charge is 2.18. The van der Waals surface area contributed by atoms with Gasteiger partial charge in [-0.15, -0.1) is 0 Å². The van der Waals surface area contributed by atoms with E-state index in [9.17, 15) is 4.79 Å². The van der Waals surface area contributed by atoms with Crippen molar-refractivity contribution in [3.63, 3.8) is 0 Å². The van der Waals surface area contributed by atoms with E-state index in [1.807, 2.05) is 27.7 Å². The van der Waals surface area contributed by atoms with Crippen LogP contribution in [0.1, 0.15) is 40.5 Å². The highest BCUT2D eigenvalue weighted by Crippen LogP contribution is 2.19. The molecule has 0 radical (unpaired) electrons. The van der Waals surface area contributed by atoms with Crippen LogP contribution in [0.25, 0.3) is 0 Å². The summed E-state index contributed by atoms with van der Waals surface area (Å²) in [6.45, 7) is 9.21. The monoisotopic (exact) mass is 239 g/mol. The second-order valence-electron chi connectivity index (χ2n) is 5.13. The van der Waals surface area contributed by atoms with E-state index in [1.165, 1.54) is 0 Å². The fourth-order valence-corrected chi connectivity index (χ4v) is 1.48. The highest BCUT2D eigenvalue weighted by atomic mass is 16.2. The molecular formula is C13H25N3O. The molecule has 17 heavy (non-hydrogen) atoms. The molecule has 0 spiro atoms. The Kier molecular flexibility index (Phi) is 6.82. The first-order chi connectivity index (χ1) is 7.84. The zero-order chi connectivity index (χ0) is 13.5. The van der Waals surface area contributed by atoms with Crippen LogP contribution in [0.3, 0.4) is 0 Å². The minimum atomic E-state index is -0.269. The maximum absolute atomic E-state index is 11.7. The van der Waals surface area contributed by atoms with Gasteiger partial charge in [0.2, 0.25) is 5.91 Å². The SMILES string of the molecule is CCN(C)C(=O)C(C)NCCCC(C)(C)C#N. The molecule has 1 N–H and O–H groups in total. The second-order valence-corrected chi connectivity index (χ2v) is 5.13. The Hall–Kier alpha value is -1.08. The molecule has 0 aromatic carbocycles. The minimum Gasteiger partial charge on any atom is -0.345 e. The number of hydrogen-bond acceptors (Lipinski definition) is 3. The molecule has 0 aromatic heterocycles. The number of amides is 1. The number of nitriles is 1. The van der Waals surface area contributed by atoms with Gasteiger partial charge in [0.15, 0.2) is 0 Å². The largest absolute Gasteiger partial charge is 0.345 e. The Morgan fingerprint density at radius 1 is 1.53 bits per heavy atom. The van der Waals surface area contributed by atoms with Gasteiger partial charge in [-0.3, -0.25) is 4.79 Å². The van der Waals surface area contributed by atoms with Crippen molar-refractivity contribution in [3.05, 3.63) is 0 Å². The summed E-state index contributed by atoms with van der Waals surface area (Å²) in [5.74, 6) is 0.118. The lowest BCUT2D eigenvalue weighted by atomic mass is 9.90. The molecule has 0 rings (SSSR count). The summed E-state index contributed by atoms with van der Waals surface area (Å²) in [4.78, 5) is 13.4. The van der Waals surface area contributed by atoms with Crippen LogP contribution in [0.15, 0.2) is 0 Å². The van der Waals surface area contributed by atoms with E-state index in [0.717, 1.165) is 25.9 Å². The maximum Gasteiger partial charge on any atom is 0.239 e. The number of rotatable bonds is 7. The zero-order valence-corrected chi connectivity index (χ0v) is 11.7. The highest BCUT2D eigenvalue weighted by molar-refractivity contribution is 5.81.